The van der Waals surface area contributed by atoms with Crippen LogP contribution in [0, 0.1) is 6.92 Å². The summed E-state index contributed by atoms with van der Waals surface area (Å²) in [6.07, 6.45) is 2.87. The molecule has 0 aliphatic carbocycles. The molecule has 21 heavy (non-hydrogen) atoms. The Kier molecular flexibility index (Phi) is 3.97. The van der Waals surface area contributed by atoms with Crippen LogP contribution in [0.15, 0.2) is 22.6 Å². The Labute approximate surface area is 124 Å². The van der Waals surface area contributed by atoms with Gasteiger partial charge in [0, 0.05) is 42.9 Å². The number of hydrogen-bond donors (Lipinski definition) is 0. The minimum Gasteiger partial charge on any atom is -0.453 e. The summed E-state index contributed by atoms with van der Waals surface area (Å²) < 4.78 is 11.0. The van der Waals surface area contributed by atoms with Crippen molar-refractivity contribution < 1.29 is 13.9 Å². The molecule has 2 heterocycles. The molecule has 0 radical (unpaired) electrons. The minimum atomic E-state index is 0.385. The lowest BCUT2D eigenvalue weighted by Gasteiger charge is -2.36. The molecule has 112 valence electrons. The molecule has 1 aliphatic heterocycles. The summed E-state index contributed by atoms with van der Waals surface area (Å²) >= 11 is 0. The normalized spacial score (nSPS) is 16.3. The van der Waals surface area contributed by atoms with Crippen LogP contribution in [0.5, 0.6) is 0 Å². The fourth-order valence-corrected chi connectivity index (χ4v) is 3.20. The van der Waals surface area contributed by atoms with Crippen molar-refractivity contribution in [3.8, 4) is 0 Å². The zero-order valence-electron chi connectivity index (χ0n) is 12.6. The molecule has 3 rings (SSSR count). The van der Waals surface area contributed by atoms with Gasteiger partial charge in [-0.3, -0.25) is 4.79 Å². The number of furan rings is 1. The van der Waals surface area contributed by atoms with E-state index in [-0.39, 0.29) is 0 Å². The summed E-state index contributed by atoms with van der Waals surface area (Å²) in [5.41, 5.74) is 3.20. The second-order valence-electron chi connectivity index (χ2n) is 5.57. The summed E-state index contributed by atoms with van der Waals surface area (Å²) in [5.74, 6) is 0.385. The SMILES string of the molecule is CCN(c1cc2oc(C=O)cc2cc1C)C1CCOCC1. The van der Waals surface area contributed by atoms with E-state index < -0.39 is 0 Å². The highest BCUT2D eigenvalue weighted by Gasteiger charge is 2.22. The molecule has 0 N–H and O–H groups in total. The summed E-state index contributed by atoms with van der Waals surface area (Å²) in [7, 11) is 0. The van der Waals surface area contributed by atoms with Crippen LogP contribution < -0.4 is 4.90 Å². The molecule has 1 fully saturated rings. The number of ether oxygens (including phenoxy) is 1. The van der Waals surface area contributed by atoms with Crippen molar-refractivity contribution in [2.75, 3.05) is 24.7 Å². The molecule has 1 aromatic carbocycles. The van der Waals surface area contributed by atoms with Crippen molar-refractivity contribution in [1.82, 2.24) is 0 Å². The molecule has 0 amide bonds. The molecule has 1 aliphatic rings. The van der Waals surface area contributed by atoms with E-state index in [0.717, 1.165) is 49.9 Å². The van der Waals surface area contributed by atoms with E-state index in [0.29, 0.717) is 11.8 Å². The van der Waals surface area contributed by atoms with Gasteiger partial charge >= 0.3 is 0 Å². The van der Waals surface area contributed by atoms with E-state index in [9.17, 15) is 4.79 Å². The van der Waals surface area contributed by atoms with Gasteiger partial charge < -0.3 is 14.1 Å². The van der Waals surface area contributed by atoms with Gasteiger partial charge in [0.25, 0.3) is 0 Å². The monoisotopic (exact) mass is 287 g/mol. The van der Waals surface area contributed by atoms with Crippen molar-refractivity contribution in [3.05, 3.63) is 29.5 Å². The molecule has 4 nitrogen and oxygen atoms in total. The number of aldehydes is 1. The summed E-state index contributed by atoms with van der Waals surface area (Å²) in [4.78, 5) is 13.3. The molecule has 0 unspecified atom stereocenters. The van der Waals surface area contributed by atoms with Crippen molar-refractivity contribution >= 4 is 22.9 Å². The maximum atomic E-state index is 10.9. The number of carbonyl (C=O) groups excluding carboxylic acids is 1. The van der Waals surface area contributed by atoms with Crippen LogP contribution in [0.1, 0.15) is 35.9 Å². The van der Waals surface area contributed by atoms with Crippen LogP contribution in [0.25, 0.3) is 11.0 Å². The number of anilines is 1. The molecular weight excluding hydrogens is 266 g/mol. The third kappa shape index (κ3) is 2.68. The van der Waals surface area contributed by atoms with Crippen molar-refractivity contribution in [3.63, 3.8) is 0 Å². The zero-order chi connectivity index (χ0) is 14.8. The number of aryl methyl sites for hydroxylation is 1. The van der Waals surface area contributed by atoms with Gasteiger partial charge in [0.15, 0.2) is 12.0 Å². The maximum Gasteiger partial charge on any atom is 0.185 e. The Morgan fingerprint density at radius 2 is 2.05 bits per heavy atom. The van der Waals surface area contributed by atoms with E-state index in [1.54, 1.807) is 6.07 Å². The predicted molar refractivity (Wildman–Crippen MR) is 83.2 cm³/mol. The lowest BCUT2D eigenvalue weighted by atomic mass is 10.0. The minimum absolute atomic E-state index is 0.385. The van der Waals surface area contributed by atoms with Gasteiger partial charge in [-0.05, 0) is 44.4 Å². The number of hydrogen-bond acceptors (Lipinski definition) is 4. The Morgan fingerprint density at radius 3 is 2.71 bits per heavy atom. The van der Waals surface area contributed by atoms with E-state index in [1.165, 1.54) is 11.3 Å². The van der Waals surface area contributed by atoms with E-state index in [1.807, 2.05) is 0 Å². The van der Waals surface area contributed by atoms with Crippen LogP contribution in [-0.4, -0.2) is 32.1 Å². The van der Waals surface area contributed by atoms with Crippen molar-refractivity contribution in [1.29, 1.82) is 0 Å². The Balaban J connectivity index is 2.00. The highest BCUT2D eigenvalue weighted by Crippen LogP contribution is 2.31. The molecule has 2 aromatic rings. The van der Waals surface area contributed by atoms with Crippen LogP contribution in [-0.2, 0) is 4.74 Å². The lowest BCUT2D eigenvalue weighted by molar-refractivity contribution is 0.0846. The Bertz CT molecular complexity index is 641. The summed E-state index contributed by atoms with van der Waals surface area (Å²) in [6.45, 7) is 6.91. The average Bonchev–Trinajstić information content (AvgIpc) is 2.91. The lowest BCUT2D eigenvalue weighted by Crippen LogP contribution is -2.39. The van der Waals surface area contributed by atoms with Crippen LogP contribution >= 0.6 is 0 Å². The van der Waals surface area contributed by atoms with Gasteiger partial charge in [-0.15, -0.1) is 0 Å². The first kappa shape index (κ1) is 14.1. The second kappa shape index (κ2) is 5.90. The molecule has 4 heteroatoms. The van der Waals surface area contributed by atoms with Gasteiger partial charge in [-0.25, -0.2) is 0 Å². The maximum absolute atomic E-state index is 10.9. The molecule has 1 saturated heterocycles. The third-order valence-electron chi connectivity index (χ3n) is 4.25. The number of rotatable bonds is 4. The topological polar surface area (TPSA) is 42.7 Å². The first-order valence-electron chi connectivity index (χ1n) is 7.56. The van der Waals surface area contributed by atoms with Crippen molar-refractivity contribution in [2.45, 2.75) is 32.7 Å². The largest absolute Gasteiger partial charge is 0.453 e. The standard InChI is InChI=1S/C17H21NO3/c1-3-18(14-4-6-20-7-5-14)16-10-17-13(8-12(16)2)9-15(11-19)21-17/h8-11,14H,3-7H2,1-2H3. The average molecular weight is 287 g/mol. The first-order chi connectivity index (χ1) is 10.2. The number of benzene rings is 1. The quantitative estimate of drug-likeness (QED) is 0.806. The van der Waals surface area contributed by atoms with Gasteiger partial charge in [-0.1, -0.05) is 0 Å². The van der Waals surface area contributed by atoms with E-state index in [2.05, 4.69) is 30.9 Å². The van der Waals surface area contributed by atoms with Crippen LogP contribution in [0.4, 0.5) is 5.69 Å². The Hall–Kier alpha value is -1.81. The molecule has 0 saturated carbocycles. The molecule has 0 spiro atoms. The number of fused-ring (bicyclic) bond motifs is 1. The zero-order valence-corrected chi connectivity index (χ0v) is 12.6. The van der Waals surface area contributed by atoms with Gasteiger partial charge in [0.1, 0.15) is 5.58 Å². The second-order valence-corrected chi connectivity index (χ2v) is 5.57. The predicted octanol–water partition coefficient (Wildman–Crippen LogP) is 3.56. The highest BCUT2D eigenvalue weighted by atomic mass is 16.5. The summed E-state index contributed by atoms with van der Waals surface area (Å²) in [6, 6.07) is 6.48. The number of nitrogens with zero attached hydrogens (tertiary/aromatic N) is 1. The molecule has 1 aromatic heterocycles. The molecular formula is C17H21NO3. The fourth-order valence-electron chi connectivity index (χ4n) is 3.20. The highest BCUT2D eigenvalue weighted by molar-refractivity contribution is 5.88. The molecule has 0 bridgehead atoms. The Morgan fingerprint density at radius 1 is 1.29 bits per heavy atom. The van der Waals surface area contributed by atoms with Crippen LogP contribution in [0.2, 0.25) is 0 Å². The van der Waals surface area contributed by atoms with E-state index in [4.69, 9.17) is 9.15 Å². The van der Waals surface area contributed by atoms with Crippen LogP contribution in [0.3, 0.4) is 0 Å². The van der Waals surface area contributed by atoms with E-state index >= 15 is 0 Å². The van der Waals surface area contributed by atoms with Gasteiger partial charge in [-0.2, -0.15) is 0 Å². The summed E-state index contributed by atoms with van der Waals surface area (Å²) in [5, 5.41) is 0.987. The first-order valence-corrected chi connectivity index (χ1v) is 7.56. The van der Waals surface area contributed by atoms with Gasteiger partial charge in [0.05, 0.1) is 0 Å². The van der Waals surface area contributed by atoms with Gasteiger partial charge in [0.2, 0.25) is 0 Å². The fraction of sp³-hybridized carbons (Fsp3) is 0.471. The molecule has 0 atom stereocenters. The number of carbonyl (C=O) groups is 1. The third-order valence-corrected chi connectivity index (χ3v) is 4.25. The van der Waals surface area contributed by atoms with Crippen molar-refractivity contribution in [2.24, 2.45) is 0 Å². The smallest absolute Gasteiger partial charge is 0.185 e.